The molecule has 4 aromatic heterocycles. The van der Waals surface area contributed by atoms with E-state index < -0.39 is 0 Å². The molecular weight excluding hydrogens is 408 g/mol. The van der Waals surface area contributed by atoms with Crippen LogP contribution in [-0.4, -0.2) is 76.8 Å². The van der Waals surface area contributed by atoms with Gasteiger partial charge in [0.05, 0.1) is 12.2 Å². The van der Waals surface area contributed by atoms with Gasteiger partial charge in [-0.05, 0) is 18.1 Å². The second-order valence-corrected chi connectivity index (χ2v) is 8.20. The zero-order valence-electron chi connectivity index (χ0n) is 18.2. The van der Waals surface area contributed by atoms with E-state index in [1.54, 1.807) is 29.3 Å². The number of anilines is 1. The number of fused-ring (bicyclic) bond motifs is 1. The largest absolute Gasteiger partial charge is 0.354 e. The first-order valence-corrected chi connectivity index (χ1v) is 10.8. The Morgan fingerprint density at radius 1 is 1.06 bits per heavy atom. The predicted octanol–water partition coefficient (Wildman–Crippen LogP) is 0.812. The average molecular weight is 435 g/mol. The third kappa shape index (κ3) is 3.98. The molecule has 0 aliphatic carbocycles. The lowest BCUT2D eigenvalue weighted by Crippen LogP contribution is -2.48. The summed E-state index contributed by atoms with van der Waals surface area (Å²) in [4.78, 5) is 25.8. The van der Waals surface area contributed by atoms with Crippen LogP contribution in [0.1, 0.15) is 25.5 Å². The molecule has 0 radical (unpaired) electrons. The average Bonchev–Trinajstić information content (AvgIpc) is 3.50. The van der Waals surface area contributed by atoms with Crippen LogP contribution >= 0.6 is 0 Å². The van der Waals surface area contributed by atoms with Crippen molar-refractivity contribution < 1.29 is 0 Å². The molecule has 32 heavy (non-hydrogen) atoms. The molecular formula is C21H26N10O. The zero-order chi connectivity index (χ0) is 22.1. The van der Waals surface area contributed by atoms with E-state index in [0.29, 0.717) is 24.1 Å². The molecule has 1 saturated heterocycles. The highest BCUT2D eigenvalue weighted by Gasteiger charge is 2.21. The third-order valence-electron chi connectivity index (χ3n) is 5.76. The fourth-order valence-corrected chi connectivity index (χ4v) is 3.90. The van der Waals surface area contributed by atoms with Crippen LogP contribution in [0.4, 0.5) is 5.82 Å². The van der Waals surface area contributed by atoms with Crippen LogP contribution in [0.15, 0.2) is 47.8 Å². The lowest BCUT2D eigenvalue weighted by atomic mass is 10.1. The van der Waals surface area contributed by atoms with Gasteiger partial charge in [-0.25, -0.2) is 14.3 Å². The van der Waals surface area contributed by atoms with E-state index in [9.17, 15) is 4.79 Å². The second kappa shape index (κ2) is 8.50. The van der Waals surface area contributed by atoms with Crippen molar-refractivity contribution in [3.63, 3.8) is 0 Å². The lowest BCUT2D eigenvalue weighted by molar-refractivity contribution is 0.242. The van der Waals surface area contributed by atoms with Crippen molar-refractivity contribution in [2.45, 2.75) is 26.3 Å². The van der Waals surface area contributed by atoms with Crippen LogP contribution in [-0.2, 0) is 6.54 Å². The summed E-state index contributed by atoms with van der Waals surface area (Å²) in [6, 6.07) is 7.18. The van der Waals surface area contributed by atoms with Gasteiger partial charge in [0.1, 0.15) is 12.1 Å². The molecule has 1 fully saturated rings. The van der Waals surface area contributed by atoms with Gasteiger partial charge >= 0.3 is 0 Å². The molecule has 1 aliphatic rings. The molecule has 0 saturated carbocycles. The van der Waals surface area contributed by atoms with Crippen molar-refractivity contribution in [1.29, 1.82) is 0 Å². The molecule has 11 heteroatoms. The maximum atomic E-state index is 12.3. The molecule has 0 atom stereocenters. The first-order valence-electron chi connectivity index (χ1n) is 10.8. The molecule has 5 heterocycles. The van der Waals surface area contributed by atoms with Crippen molar-refractivity contribution in [3.05, 3.63) is 59.0 Å². The Morgan fingerprint density at radius 2 is 1.91 bits per heavy atom. The monoisotopic (exact) mass is 434 g/mol. The van der Waals surface area contributed by atoms with Gasteiger partial charge in [0, 0.05) is 57.3 Å². The number of hydrogen-bond acceptors (Lipinski definition) is 8. The number of piperazine rings is 1. The van der Waals surface area contributed by atoms with Gasteiger partial charge < -0.3 is 4.90 Å². The highest BCUT2D eigenvalue weighted by Crippen LogP contribution is 2.22. The van der Waals surface area contributed by atoms with Crippen LogP contribution in [0, 0.1) is 0 Å². The molecule has 166 valence electrons. The molecule has 4 aromatic rings. The highest BCUT2D eigenvalue weighted by molar-refractivity contribution is 5.48. The Hall–Kier alpha value is -3.60. The summed E-state index contributed by atoms with van der Waals surface area (Å²) in [6.45, 7) is 9.08. The minimum atomic E-state index is -0.105. The Kier molecular flexibility index (Phi) is 5.39. The van der Waals surface area contributed by atoms with Gasteiger partial charge in [0.15, 0.2) is 5.82 Å². The fourth-order valence-electron chi connectivity index (χ4n) is 3.90. The standard InChI is InChI=1S/C21H26N10O/c1-16(2)17-14-19(31-21(25-17)22-15-24-31)28-11-8-27(9-12-28)10-13-30-20(32)5-4-18(26-30)29-7-3-6-23-29/h3-7,14-16H,8-13H2,1-2H3. The predicted molar refractivity (Wildman–Crippen MR) is 119 cm³/mol. The summed E-state index contributed by atoms with van der Waals surface area (Å²) in [6.07, 6.45) is 5.05. The Bertz CT molecular complexity index is 1250. The van der Waals surface area contributed by atoms with Crippen molar-refractivity contribution in [1.82, 2.24) is 44.0 Å². The summed E-state index contributed by atoms with van der Waals surface area (Å²) in [5.74, 6) is 2.62. The SMILES string of the molecule is CC(C)c1cc(N2CCN(CCn3nc(-n4cccn4)ccc3=O)CC2)n2ncnc2n1. The normalized spacial score (nSPS) is 15.2. The minimum Gasteiger partial charge on any atom is -0.354 e. The van der Waals surface area contributed by atoms with Crippen LogP contribution in [0.25, 0.3) is 11.6 Å². The molecule has 5 rings (SSSR count). The van der Waals surface area contributed by atoms with Gasteiger partial charge in [-0.1, -0.05) is 13.8 Å². The molecule has 0 bridgehead atoms. The molecule has 0 amide bonds. The van der Waals surface area contributed by atoms with Gasteiger partial charge in [0.2, 0.25) is 0 Å². The Balaban J connectivity index is 1.25. The molecule has 0 unspecified atom stereocenters. The maximum Gasteiger partial charge on any atom is 0.266 e. The summed E-state index contributed by atoms with van der Waals surface area (Å²) in [5.41, 5.74) is 0.913. The van der Waals surface area contributed by atoms with Gasteiger partial charge in [-0.15, -0.1) is 5.10 Å². The molecule has 11 nitrogen and oxygen atoms in total. The van der Waals surface area contributed by atoms with E-state index in [1.807, 2.05) is 16.8 Å². The third-order valence-corrected chi connectivity index (χ3v) is 5.76. The van der Waals surface area contributed by atoms with Crippen molar-refractivity contribution in [2.75, 3.05) is 37.6 Å². The second-order valence-electron chi connectivity index (χ2n) is 8.20. The maximum absolute atomic E-state index is 12.3. The first-order chi connectivity index (χ1) is 15.6. The van der Waals surface area contributed by atoms with Gasteiger partial charge in [0.25, 0.3) is 11.3 Å². The van der Waals surface area contributed by atoms with Crippen molar-refractivity contribution in [3.8, 4) is 5.82 Å². The van der Waals surface area contributed by atoms with Gasteiger partial charge in [-0.3, -0.25) is 9.69 Å². The molecule has 1 aliphatic heterocycles. The van der Waals surface area contributed by atoms with E-state index in [0.717, 1.165) is 44.2 Å². The first kappa shape index (κ1) is 20.3. The van der Waals surface area contributed by atoms with E-state index in [2.05, 4.69) is 55.0 Å². The van der Waals surface area contributed by atoms with E-state index in [4.69, 9.17) is 0 Å². The smallest absolute Gasteiger partial charge is 0.266 e. The van der Waals surface area contributed by atoms with E-state index in [1.165, 1.54) is 4.68 Å². The number of nitrogens with zero attached hydrogens (tertiary/aromatic N) is 10. The number of aromatic nitrogens is 8. The van der Waals surface area contributed by atoms with Crippen LogP contribution in [0.2, 0.25) is 0 Å². The minimum absolute atomic E-state index is 0.105. The van der Waals surface area contributed by atoms with Crippen LogP contribution in [0.3, 0.4) is 0 Å². The zero-order valence-corrected chi connectivity index (χ0v) is 18.2. The summed E-state index contributed by atoms with van der Waals surface area (Å²) >= 11 is 0. The van der Waals surface area contributed by atoms with E-state index >= 15 is 0 Å². The molecule has 0 N–H and O–H groups in total. The number of hydrogen-bond donors (Lipinski definition) is 0. The van der Waals surface area contributed by atoms with Gasteiger partial charge in [-0.2, -0.15) is 19.7 Å². The lowest BCUT2D eigenvalue weighted by Gasteiger charge is -2.36. The van der Waals surface area contributed by atoms with Crippen LogP contribution in [0.5, 0.6) is 0 Å². The Morgan fingerprint density at radius 3 is 2.66 bits per heavy atom. The van der Waals surface area contributed by atoms with Crippen molar-refractivity contribution in [2.24, 2.45) is 0 Å². The fraction of sp³-hybridized carbons (Fsp3) is 0.429. The molecule has 0 aromatic carbocycles. The topological polar surface area (TPSA) is 102 Å². The van der Waals surface area contributed by atoms with Crippen molar-refractivity contribution >= 4 is 11.6 Å². The quantitative estimate of drug-likeness (QED) is 0.439. The summed E-state index contributed by atoms with van der Waals surface area (Å²) < 4.78 is 4.98. The molecule has 0 spiro atoms. The number of rotatable bonds is 6. The summed E-state index contributed by atoms with van der Waals surface area (Å²) in [7, 11) is 0. The summed E-state index contributed by atoms with van der Waals surface area (Å²) in [5, 5.41) is 13.0. The van der Waals surface area contributed by atoms with Crippen LogP contribution < -0.4 is 10.5 Å². The van der Waals surface area contributed by atoms with E-state index in [-0.39, 0.29) is 5.56 Å². The highest BCUT2D eigenvalue weighted by atomic mass is 16.1. The Labute approximate surface area is 184 Å².